The van der Waals surface area contributed by atoms with E-state index in [-0.39, 0.29) is 31.0 Å². The van der Waals surface area contributed by atoms with E-state index in [1.165, 1.54) is 0 Å². The van der Waals surface area contributed by atoms with Gasteiger partial charge in [0.15, 0.2) is 0 Å². The Bertz CT molecular complexity index is 57.8. The molecular weight excluding hydrogens is 118 g/mol. The quantitative estimate of drug-likeness (QED) is 0.250. The average Bonchev–Trinajstić information content (AvgIpc) is 0.722. The number of hydrogen-bond acceptors (Lipinski definition) is 2. The molecule has 2 N–H and O–H groups in total. The Morgan fingerprint density at radius 3 is 1.67 bits per heavy atom. The van der Waals surface area contributed by atoms with E-state index in [2.05, 4.69) is 0 Å². The molecule has 0 unspecified atom stereocenters. The van der Waals surface area contributed by atoms with E-state index in [4.69, 9.17) is 19.2 Å². The van der Waals surface area contributed by atoms with E-state index >= 15 is 0 Å². The zero-order valence-electron chi connectivity index (χ0n) is 4.16. The predicted octanol–water partition coefficient (Wildman–Crippen LogP) is -4.44. The molecule has 0 aliphatic carbocycles. The zero-order valence-corrected chi connectivity index (χ0v) is 6.05. The molecule has 1 radical (unpaired) electrons. The first-order chi connectivity index (χ1) is 2.00. The van der Waals surface area contributed by atoms with Crippen molar-refractivity contribution < 1.29 is 50.2 Å². The molecule has 0 heterocycles. The van der Waals surface area contributed by atoms with E-state index in [0.717, 1.165) is 0 Å². The summed E-state index contributed by atoms with van der Waals surface area (Å²) in [7, 11) is -4.89. The molecular formula is H3NaO4P. The molecule has 0 bridgehead atoms. The fourth-order valence-electron chi connectivity index (χ4n) is 0. The van der Waals surface area contributed by atoms with Gasteiger partial charge >= 0.3 is 29.6 Å². The van der Waals surface area contributed by atoms with Gasteiger partial charge in [0, 0.05) is 1.43 Å². The van der Waals surface area contributed by atoms with E-state index in [1.54, 1.807) is 0 Å². The standard InChI is InChI=1S/Na.H3O4P.H/c;1-5(2,3)4;/h;(H3,1,2,3,4);/q+1;;/p-1. The average molecular weight is 121 g/mol. The van der Waals surface area contributed by atoms with Crippen molar-refractivity contribution in [2.75, 3.05) is 0 Å². The summed E-state index contributed by atoms with van der Waals surface area (Å²) in [6, 6.07) is 0. The van der Waals surface area contributed by atoms with Crippen molar-refractivity contribution in [3.05, 3.63) is 0 Å². The van der Waals surface area contributed by atoms with E-state index in [9.17, 15) is 0 Å². The Morgan fingerprint density at radius 1 is 1.67 bits per heavy atom. The van der Waals surface area contributed by atoms with Gasteiger partial charge in [0.05, 0.1) is 0 Å². The molecule has 6 heavy (non-hydrogen) atoms. The monoisotopic (exact) mass is 121 g/mol. The van der Waals surface area contributed by atoms with Crippen molar-refractivity contribution in [1.29, 1.82) is 0 Å². The molecule has 0 spiro atoms. The number of rotatable bonds is 0. The van der Waals surface area contributed by atoms with Crippen molar-refractivity contribution >= 4 is 7.82 Å². The Hall–Kier alpha value is 1.11. The van der Waals surface area contributed by atoms with Gasteiger partial charge in [0.25, 0.3) is 7.82 Å². The van der Waals surface area contributed by atoms with Gasteiger partial charge in [-0.3, -0.25) is 4.57 Å². The Balaban J connectivity index is -0.0000000800. The summed E-state index contributed by atoms with van der Waals surface area (Å²) < 4.78 is 8.77. The van der Waals surface area contributed by atoms with Gasteiger partial charge in [0.1, 0.15) is 0 Å². The second-order valence-corrected chi connectivity index (χ2v) is 1.47. The Kier molecular flexibility index (Phi) is 5.35. The maximum atomic E-state index is 8.77. The molecule has 0 aromatic carbocycles. The van der Waals surface area contributed by atoms with Crippen LogP contribution in [-0.4, -0.2) is 9.79 Å². The first-order valence-corrected chi connectivity index (χ1v) is 2.30. The minimum atomic E-state index is -4.89. The van der Waals surface area contributed by atoms with E-state index in [0.29, 0.717) is 0 Å². The van der Waals surface area contributed by atoms with Crippen LogP contribution in [0.25, 0.3) is 0 Å². The molecule has 0 rings (SSSR count). The molecule has 0 aliphatic heterocycles. The summed E-state index contributed by atoms with van der Waals surface area (Å²) in [5.41, 5.74) is 0. The second-order valence-electron chi connectivity index (χ2n) is 0.491. The van der Waals surface area contributed by atoms with Crippen LogP contribution in [0.4, 0.5) is 0 Å². The second kappa shape index (κ2) is 3.16. The third-order valence-electron chi connectivity index (χ3n) is 0. The largest absolute Gasteiger partial charge is 1.00 e. The SMILES string of the molecule is O=P([O-])(O)O.[H].[Na+]. The Labute approximate surface area is 58.2 Å². The maximum absolute atomic E-state index is 8.77. The van der Waals surface area contributed by atoms with Gasteiger partial charge in [-0.15, -0.1) is 0 Å². The molecule has 0 amide bonds. The smallest absolute Gasteiger partial charge is 0.756 e. The van der Waals surface area contributed by atoms with Crippen molar-refractivity contribution in [1.82, 2.24) is 0 Å². The molecule has 0 saturated carbocycles. The molecule has 33 valence electrons. The van der Waals surface area contributed by atoms with Gasteiger partial charge in [0.2, 0.25) is 0 Å². The van der Waals surface area contributed by atoms with Crippen LogP contribution in [-0.2, 0) is 4.57 Å². The van der Waals surface area contributed by atoms with Crippen LogP contribution < -0.4 is 34.5 Å². The summed E-state index contributed by atoms with van der Waals surface area (Å²) in [5, 5.41) is 0. The minimum absolute atomic E-state index is 0. The van der Waals surface area contributed by atoms with Crippen LogP contribution >= 0.6 is 7.82 Å². The molecule has 0 saturated heterocycles. The summed E-state index contributed by atoms with van der Waals surface area (Å²) in [5.74, 6) is 0. The molecule has 0 fully saturated rings. The number of phosphoric acid groups is 1. The number of hydrogen-bond donors (Lipinski definition) is 2. The first kappa shape index (κ1) is 10.2. The van der Waals surface area contributed by atoms with Crippen LogP contribution in [0, 0.1) is 0 Å². The van der Waals surface area contributed by atoms with Gasteiger partial charge in [-0.1, -0.05) is 0 Å². The van der Waals surface area contributed by atoms with Crippen molar-refractivity contribution in [3.63, 3.8) is 0 Å². The first-order valence-electron chi connectivity index (χ1n) is 0.765. The topological polar surface area (TPSA) is 80.6 Å². The normalized spacial score (nSPS) is 9.83. The van der Waals surface area contributed by atoms with E-state index in [1.807, 2.05) is 0 Å². The van der Waals surface area contributed by atoms with Crippen molar-refractivity contribution in [3.8, 4) is 0 Å². The Morgan fingerprint density at radius 2 is 1.67 bits per heavy atom. The molecule has 0 aromatic rings. The van der Waals surface area contributed by atoms with Gasteiger partial charge < -0.3 is 14.7 Å². The van der Waals surface area contributed by atoms with Crippen LogP contribution in [0.2, 0.25) is 0 Å². The third-order valence-corrected chi connectivity index (χ3v) is 0. The molecule has 0 aliphatic rings. The molecule has 6 heteroatoms. The van der Waals surface area contributed by atoms with Crippen LogP contribution in [0.3, 0.4) is 0 Å². The van der Waals surface area contributed by atoms with Gasteiger partial charge in [-0.25, -0.2) is 0 Å². The molecule has 4 nitrogen and oxygen atoms in total. The van der Waals surface area contributed by atoms with Crippen LogP contribution in [0.1, 0.15) is 1.43 Å². The van der Waals surface area contributed by atoms with Gasteiger partial charge in [-0.05, 0) is 0 Å². The zero-order chi connectivity index (χ0) is 4.50. The fourth-order valence-corrected chi connectivity index (χ4v) is 0. The summed E-state index contributed by atoms with van der Waals surface area (Å²) >= 11 is 0. The summed E-state index contributed by atoms with van der Waals surface area (Å²) in [4.78, 5) is 22.9. The predicted molar refractivity (Wildman–Crippen MR) is 13.2 cm³/mol. The third kappa shape index (κ3) is 70.1. The van der Waals surface area contributed by atoms with E-state index < -0.39 is 7.82 Å². The maximum Gasteiger partial charge on any atom is 1.00 e. The van der Waals surface area contributed by atoms with Crippen molar-refractivity contribution in [2.24, 2.45) is 0 Å². The molecule has 0 atom stereocenters. The summed E-state index contributed by atoms with van der Waals surface area (Å²) in [6.07, 6.45) is 0. The summed E-state index contributed by atoms with van der Waals surface area (Å²) in [6.45, 7) is 0. The minimum Gasteiger partial charge on any atom is -0.756 e. The van der Waals surface area contributed by atoms with Crippen LogP contribution in [0.15, 0.2) is 0 Å². The van der Waals surface area contributed by atoms with Crippen molar-refractivity contribution in [2.45, 2.75) is 0 Å². The fraction of sp³-hybridized carbons (Fsp3) is 0. The molecule has 0 aromatic heterocycles. The van der Waals surface area contributed by atoms with Crippen LogP contribution in [0.5, 0.6) is 0 Å². The van der Waals surface area contributed by atoms with Gasteiger partial charge in [-0.2, -0.15) is 0 Å².